The molecule has 0 aliphatic heterocycles. The van der Waals surface area contributed by atoms with Gasteiger partial charge in [-0.25, -0.2) is 4.98 Å². The summed E-state index contributed by atoms with van der Waals surface area (Å²) in [6, 6.07) is 15.5. The van der Waals surface area contributed by atoms with Gasteiger partial charge in [-0.1, -0.05) is 30.3 Å². The molecule has 3 rings (SSSR count). The Morgan fingerprint density at radius 2 is 1.95 bits per heavy atom. The summed E-state index contributed by atoms with van der Waals surface area (Å²) in [6.45, 7) is 1.98. The summed E-state index contributed by atoms with van der Waals surface area (Å²) < 4.78 is 1.93. The van der Waals surface area contributed by atoms with Crippen LogP contribution in [0, 0.1) is 0 Å². The van der Waals surface area contributed by atoms with Gasteiger partial charge in [0.2, 0.25) is 0 Å². The molecule has 0 spiro atoms. The first-order valence-corrected chi connectivity index (χ1v) is 6.92. The molecule has 1 amide bonds. The molecule has 21 heavy (non-hydrogen) atoms. The van der Waals surface area contributed by atoms with E-state index >= 15 is 0 Å². The van der Waals surface area contributed by atoms with Crippen LogP contribution in [0.15, 0.2) is 54.9 Å². The Labute approximate surface area is 123 Å². The number of benzene rings is 2. The standard InChI is InChI=1S/C17H17N3O/c1-12(13-6-4-3-5-7-13)19-17(21)14-8-9-16-15(10-14)18-11-20(16)2/h3-12H,1-2H3,(H,19,21)/t12-/m0/s1. The van der Waals surface area contributed by atoms with E-state index in [0.29, 0.717) is 5.56 Å². The van der Waals surface area contributed by atoms with Crippen molar-refractivity contribution in [2.24, 2.45) is 7.05 Å². The lowest BCUT2D eigenvalue weighted by Gasteiger charge is -2.14. The summed E-state index contributed by atoms with van der Waals surface area (Å²) >= 11 is 0. The number of nitrogens with zero attached hydrogens (tertiary/aromatic N) is 2. The highest BCUT2D eigenvalue weighted by molar-refractivity contribution is 5.97. The van der Waals surface area contributed by atoms with Crippen LogP contribution in [0.2, 0.25) is 0 Å². The van der Waals surface area contributed by atoms with Crippen LogP contribution in [-0.2, 0) is 7.05 Å². The lowest BCUT2D eigenvalue weighted by Crippen LogP contribution is -2.26. The van der Waals surface area contributed by atoms with Gasteiger partial charge >= 0.3 is 0 Å². The lowest BCUT2D eigenvalue weighted by atomic mass is 10.1. The van der Waals surface area contributed by atoms with Crippen LogP contribution in [0.5, 0.6) is 0 Å². The van der Waals surface area contributed by atoms with Crippen LogP contribution in [0.25, 0.3) is 11.0 Å². The molecule has 4 nitrogen and oxygen atoms in total. The van der Waals surface area contributed by atoms with Crippen LogP contribution in [0.4, 0.5) is 0 Å². The molecule has 0 bridgehead atoms. The fourth-order valence-corrected chi connectivity index (χ4v) is 2.38. The maximum absolute atomic E-state index is 12.3. The topological polar surface area (TPSA) is 46.9 Å². The number of nitrogens with one attached hydrogen (secondary N) is 1. The molecule has 0 saturated carbocycles. The number of hydrogen-bond donors (Lipinski definition) is 1. The van der Waals surface area contributed by atoms with Crippen molar-refractivity contribution in [2.45, 2.75) is 13.0 Å². The highest BCUT2D eigenvalue weighted by Gasteiger charge is 2.12. The number of carbonyl (C=O) groups excluding carboxylic acids is 1. The smallest absolute Gasteiger partial charge is 0.251 e. The van der Waals surface area contributed by atoms with E-state index in [4.69, 9.17) is 0 Å². The van der Waals surface area contributed by atoms with Crippen molar-refractivity contribution >= 4 is 16.9 Å². The summed E-state index contributed by atoms with van der Waals surface area (Å²) in [7, 11) is 1.94. The number of imidazole rings is 1. The van der Waals surface area contributed by atoms with Crippen molar-refractivity contribution in [3.8, 4) is 0 Å². The number of hydrogen-bond acceptors (Lipinski definition) is 2. The highest BCUT2D eigenvalue weighted by Crippen LogP contribution is 2.16. The Balaban J connectivity index is 1.80. The Morgan fingerprint density at radius 1 is 1.19 bits per heavy atom. The zero-order valence-electron chi connectivity index (χ0n) is 12.1. The van der Waals surface area contributed by atoms with E-state index in [-0.39, 0.29) is 11.9 Å². The highest BCUT2D eigenvalue weighted by atomic mass is 16.1. The van der Waals surface area contributed by atoms with E-state index in [1.807, 2.05) is 67.1 Å². The van der Waals surface area contributed by atoms with E-state index in [2.05, 4.69) is 10.3 Å². The fourth-order valence-electron chi connectivity index (χ4n) is 2.38. The van der Waals surface area contributed by atoms with E-state index in [1.54, 1.807) is 6.33 Å². The first kappa shape index (κ1) is 13.4. The average Bonchev–Trinajstić information content (AvgIpc) is 2.89. The zero-order chi connectivity index (χ0) is 14.8. The number of rotatable bonds is 3. The summed E-state index contributed by atoms with van der Waals surface area (Å²) in [4.78, 5) is 16.6. The number of carbonyl (C=O) groups is 1. The summed E-state index contributed by atoms with van der Waals surface area (Å²) in [5, 5.41) is 3.01. The molecule has 3 aromatic rings. The van der Waals surface area contributed by atoms with E-state index < -0.39 is 0 Å². The van der Waals surface area contributed by atoms with Gasteiger partial charge in [-0.3, -0.25) is 4.79 Å². The molecule has 0 saturated heterocycles. The third kappa shape index (κ3) is 2.65. The Kier molecular flexibility index (Phi) is 3.44. The SMILES string of the molecule is C[C@H](NC(=O)c1ccc2c(c1)ncn2C)c1ccccc1. The molecule has 1 aromatic heterocycles. The van der Waals surface area contributed by atoms with Crippen molar-refractivity contribution in [1.29, 1.82) is 0 Å². The van der Waals surface area contributed by atoms with Gasteiger partial charge in [-0.2, -0.15) is 0 Å². The second kappa shape index (κ2) is 5.40. The number of aromatic nitrogens is 2. The second-order valence-electron chi connectivity index (χ2n) is 5.16. The van der Waals surface area contributed by atoms with Crippen molar-refractivity contribution < 1.29 is 4.79 Å². The van der Waals surface area contributed by atoms with Crippen molar-refractivity contribution in [3.05, 3.63) is 66.0 Å². The largest absolute Gasteiger partial charge is 0.346 e. The number of aryl methyl sites for hydroxylation is 1. The minimum Gasteiger partial charge on any atom is -0.346 e. The summed E-state index contributed by atoms with van der Waals surface area (Å²) in [5.74, 6) is -0.0843. The maximum Gasteiger partial charge on any atom is 0.251 e. The molecule has 1 N–H and O–H groups in total. The molecule has 0 aliphatic rings. The molecule has 106 valence electrons. The van der Waals surface area contributed by atoms with Gasteiger partial charge in [0.1, 0.15) is 0 Å². The molecule has 1 heterocycles. The zero-order valence-corrected chi connectivity index (χ0v) is 12.1. The monoisotopic (exact) mass is 279 g/mol. The van der Waals surface area contributed by atoms with E-state index in [1.165, 1.54) is 0 Å². The first-order chi connectivity index (χ1) is 10.1. The van der Waals surface area contributed by atoms with Crippen molar-refractivity contribution in [1.82, 2.24) is 14.9 Å². The third-order valence-corrected chi connectivity index (χ3v) is 3.63. The van der Waals surface area contributed by atoms with Gasteiger partial charge in [-0.05, 0) is 30.7 Å². The van der Waals surface area contributed by atoms with Crippen LogP contribution in [0.1, 0.15) is 28.9 Å². The summed E-state index contributed by atoms with van der Waals surface area (Å²) in [6.07, 6.45) is 1.75. The molecular formula is C17H17N3O. The molecule has 1 atom stereocenters. The second-order valence-corrected chi connectivity index (χ2v) is 5.16. The van der Waals surface area contributed by atoms with Gasteiger partial charge in [-0.15, -0.1) is 0 Å². The van der Waals surface area contributed by atoms with Crippen LogP contribution >= 0.6 is 0 Å². The van der Waals surface area contributed by atoms with Gasteiger partial charge < -0.3 is 9.88 Å². The molecule has 0 radical (unpaired) electrons. The van der Waals surface area contributed by atoms with Crippen LogP contribution < -0.4 is 5.32 Å². The van der Waals surface area contributed by atoms with Crippen molar-refractivity contribution in [2.75, 3.05) is 0 Å². The van der Waals surface area contributed by atoms with E-state index in [9.17, 15) is 4.79 Å². The fraction of sp³-hybridized carbons (Fsp3) is 0.176. The first-order valence-electron chi connectivity index (χ1n) is 6.92. The van der Waals surface area contributed by atoms with Crippen molar-refractivity contribution in [3.63, 3.8) is 0 Å². The van der Waals surface area contributed by atoms with Crippen LogP contribution in [0.3, 0.4) is 0 Å². The normalized spacial score (nSPS) is 12.3. The van der Waals surface area contributed by atoms with Gasteiger partial charge in [0.15, 0.2) is 0 Å². The summed E-state index contributed by atoms with van der Waals surface area (Å²) in [5.41, 5.74) is 3.56. The minimum absolute atomic E-state index is 0.0295. The molecular weight excluding hydrogens is 262 g/mol. The predicted octanol–water partition coefficient (Wildman–Crippen LogP) is 3.06. The van der Waals surface area contributed by atoms with Crippen LogP contribution in [-0.4, -0.2) is 15.5 Å². The average molecular weight is 279 g/mol. The van der Waals surface area contributed by atoms with Gasteiger partial charge in [0.05, 0.1) is 23.4 Å². The van der Waals surface area contributed by atoms with Gasteiger partial charge in [0, 0.05) is 12.6 Å². The number of fused-ring (bicyclic) bond motifs is 1. The molecule has 0 aliphatic carbocycles. The third-order valence-electron chi connectivity index (χ3n) is 3.63. The maximum atomic E-state index is 12.3. The lowest BCUT2D eigenvalue weighted by molar-refractivity contribution is 0.0940. The Hall–Kier alpha value is -2.62. The minimum atomic E-state index is -0.0843. The van der Waals surface area contributed by atoms with E-state index in [0.717, 1.165) is 16.6 Å². The quantitative estimate of drug-likeness (QED) is 0.801. The predicted molar refractivity (Wildman–Crippen MR) is 83.0 cm³/mol. The molecule has 0 unspecified atom stereocenters. The molecule has 2 aromatic carbocycles. The van der Waals surface area contributed by atoms with Gasteiger partial charge in [0.25, 0.3) is 5.91 Å². The molecule has 0 fully saturated rings. The Bertz CT molecular complexity index is 777. The molecule has 4 heteroatoms. The Morgan fingerprint density at radius 3 is 2.71 bits per heavy atom. The number of amides is 1.